The highest BCUT2D eigenvalue weighted by molar-refractivity contribution is 7.98. The van der Waals surface area contributed by atoms with Gasteiger partial charge in [0.2, 0.25) is 11.1 Å². The molecule has 0 aliphatic heterocycles. The van der Waals surface area contributed by atoms with Gasteiger partial charge in [-0.25, -0.2) is 9.50 Å². The van der Waals surface area contributed by atoms with E-state index in [1.807, 2.05) is 32.2 Å². The number of aryl methyl sites for hydroxylation is 2. The van der Waals surface area contributed by atoms with Crippen LogP contribution in [0.3, 0.4) is 0 Å². The molecular weight excluding hydrogens is 405 g/mol. The van der Waals surface area contributed by atoms with Crippen LogP contribution in [0.25, 0.3) is 5.78 Å². The minimum Gasteiger partial charge on any atom is -0.355 e. The molecule has 142 valence electrons. The molecule has 0 fully saturated rings. The van der Waals surface area contributed by atoms with Crippen molar-refractivity contribution < 1.29 is 4.79 Å². The van der Waals surface area contributed by atoms with Crippen LogP contribution in [0.2, 0.25) is 10.0 Å². The van der Waals surface area contributed by atoms with Crippen molar-refractivity contribution in [3.63, 3.8) is 0 Å². The quantitative estimate of drug-likeness (QED) is 0.612. The lowest BCUT2D eigenvalue weighted by molar-refractivity contribution is -0.120. The molecule has 6 nitrogen and oxygen atoms in total. The summed E-state index contributed by atoms with van der Waals surface area (Å²) < 4.78 is 1.69. The van der Waals surface area contributed by atoms with Crippen LogP contribution in [0.4, 0.5) is 0 Å². The number of nitrogens with one attached hydrogen (secondary N) is 1. The minimum atomic E-state index is -0.0781. The number of carbonyl (C=O) groups is 1. The molecule has 1 amide bonds. The molecular formula is C18H19Cl2N5OS. The summed E-state index contributed by atoms with van der Waals surface area (Å²) in [5.41, 5.74) is 3.43. The number of benzene rings is 1. The summed E-state index contributed by atoms with van der Waals surface area (Å²) in [6, 6.07) is 5.49. The summed E-state index contributed by atoms with van der Waals surface area (Å²) in [4.78, 5) is 21.2. The average Bonchev–Trinajstić information content (AvgIpc) is 3.05. The van der Waals surface area contributed by atoms with E-state index in [2.05, 4.69) is 20.4 Å². The van der Waals surface area contributed by atoms with Crippen molar-refractivity contribution >= 4 is 46.6 Å². The van der Waals surface area contributed by atoms with E-state index in [4.69, 9.17) is 23.2 Å². The van der Waals surface area contributed by atoms with Crippen molar-refractivity contribution in [1.29, 1.82) is 0 Å². The first-order valence-corrected chi connectivity index (χ1v) is 10.3. The molecule has 3 rings (SSSR count). The Morgan fingerprint density at radius 1 is 1.26 bits per heavy atom. The molecule has 0 radical (unpaired) electrons. The molecule has 0 saturated carbocycles. The number of fused-ring (bicyclic) bond motifs is 1. The van der Waals surface area contributed by atoms with E-state index in [1.54, 1.807) is 10.6 Å². The van der Waals surface area contributed by atoms with Crippen molar-refractivity contribution in [2.75, 3.05) is 12.8 Å². The molecule has 2 aromatic heterocycles. The lowest BCUT2D eigenvalue weighted by atomic mass is 10.1. The van der Waals surface area contributed by atoms with Gasteiger partial charge in [-0.05, 0) is 38.2 Å². The third kappa shape index (κ3) is 4.36. The van der Waals surface area contributed by atoms with Gasteiger partial charge in [0, 0.05) is 23.5 Å². The number of hydrogen-bond donors (Lipinski definition) is 1. The third-order valence-corrected chi connectivity index (χ3v) is 5.69. The van der Waals surface area contributed by atoms with Crippen LogP contribution in [-0.2, 0) is 17.6 Å². The molecule has 0 unspecified atom stereocenters. The van der Waals surface area contributed by atoms with Gasteiger partial charge in [0.15, 0.2) is 0 Å². The molecule has 1 aromatic carbocycles. The summed E-state index contributed by atoms with van der Waals surface area (Å²) in [6.45, 7) is 4.29. The van der Waals surface area contributed by atoms with Crippen molar-refractivity contribution in [1.82, 2.24) is 24.9 Å². The molecule has 27 heavy (non-hydrogen) atoms. The Morgan fingerprint density at radius 2 is 2.04 bits per heavy atom. The smallest absolute Gasteiger partial charge is 0.253 e. The van der Waals surface area contributed by atoms with Crippen molar-refractivity contribution in [3.05, 3.63) is 50.8 Å². The second kappa shape index (κ2) is 8.46. The van der Waals surface area contributed by atoms with Gasteiger partial charge in [-0.3, -0.25) is 4.79 Å². The van der Waals surface area contributed by atoms with E-state index < -0.39 is 0 Å². The first-order chi connectivity index (χ1) is 12.9. The van der Waals surface area contributed by atoms with E-state index in [1.165, 1.54) is 11.8 Å². The fourth-order valence-corrected chi connectivity index (χ4v) is 3.58. The Morgan fingerprint density at radius 3 is 2.78 bits per heavy atom. The standard InChI is InChI=1S/C18H19Cl2N5OS/c1-10-13(11(2)25-17(22-10)23-18(24-25)27-3)9-15(26)21-8-7-12-5-4-6-14(19)16(12)20/h4-6H,7-9H2,1-3H3,(H,21,26). The summed E-state index contributed by atoms with van der Waals surface area (Å²) in [7, 11) is 0. The Balaban J connectivity index is 1.68. The summed E-state index contributed by atoms with van der Waals surface area (Å²) in [6.07, 6.45) is 2.76. The molecule has 2 heterocycles. The van der Waals surface area contributed by atoms with E-state index in [0.29, 0.717) is 33.9 Å². The Hall–Kier alpha value is -1.83. The molecule has 0 bridgehead atoms. The topological polar surface area (TPSA) is 72.2 Å². The Bertz CT molecular complexity index is 1010. The molecule has 0 aliphatic rings. The van der Waals surface area contributed by atoms with Crippen LogP contribution >= 0.6 is 35.0 Å². The van der Waals surface area contributed by atoms with Crippen LogP contribution in [0.5, 0.6) is 0 Å². The number of amides is 1. The number of carbonyl (C=O) groups excluding carboxylic acids is 1. The molecule has 3 aromatic rings. The van der Waals surface area contributed by atoms with Crippen LogP contribution in [0.15, 0.2) is 23.4 Å². The predicted molar refractivity (Wildman–Crippen MR) is 109 cm³/mol. The van der Waals surface area contributed by atoms with Gasteiger partial charge in [-0.15, -0.1) is 5.10 Å². The van der Waals surface area contributed by atoms with E-state index in [-0.39, 0.29) is 12.3 Å². The minimum absolute atomic E-state index is 0.0781. The Kier molecular flexibility index (Phi) is 6.24. The largest absolute Gasteiger partial charge is 0.355 e. The zero-order chi connectivity index (χ0) is 19.6. The second-order valence-electron chi connectivity index (χ2n) is 6.06. The summed E-state index contributed by atoms with van der Waals surface area (Å²) in [5.74, 6) is 0.472. The lowest BCUT2D eigenvalue weighted by Crippen LogP contribution is -2.28. The van der Waals surface area contributed by atoms with E-state index >= 15 is 0 Å². The normalized spacial score (nSPS) is 11.1. The maximum Gasteiger partial charge on any atom is 0.253 e. The molecule has 9 heteroatoms. The monoisotopic (exact) mass is 423 g/mol. The van der Waals surface area contributed by atoms with Crippen LogP contribution < -0.4 is 5.32 Å². The number of rotatable bonds is 6. The molecule has 1 N–H and O–H groups in total. The molecule has 0 saturated heterocycles. The maximum atomic E-state index is 12.4. The van der Waals surface area contributed by atoms with Gasteiger partial charge in [-0.1, -0.05) is 47.1 Å². The molecule has 0 atom stereocenters. The number of thioether (sulfide) groups is 1. The number of aromatic nitrogens is 4. The van der Waals surface area contributed by atoms with Gasteiger partial charge in [0.05, 0.1) is 16.5 Å². The highest BCUT2D eigenvalue weighted by Gasteiger charge is 2.16. The zero-order valence-corrected chi connectivity index (χ0v) is 17.5. The van der Waals surface area contributed by atoms with Gasteiger partial charge in [0.25, 0.3) is 5.78 Å². The van der Waals surface area contributed by atoms with Crippen LogP contribution in [0.1, 0.15) is 22.5 Å². The third-order valence-electron chi connectivity index (χ3n) is 4.30. The summed E-state index contributed by atoms with van der Waals surface area (Å²) in [5, 5.41) is 9.04. The Labute approximate surface area is 171 Å². The van der Waals surface area contributed by atoms with Crippen molar-refractivity contribution in [3.8, 4) is 0 Å². The van der Waals surface area contributed by atoms with Gasteiger partial charge >= 0.3 is 0 Å². The first kappa shape index (κ1) is 19.9. The maximum absolute atomic E-state index is 12.4. The van der Waals surface area contributed by atoms with E-state index in [0.717, 1.165) is 22.5 Å². The van der Waals surface area contributed by atoms with Crippen LogP contribution in [0, 0.1) is 13.8 Å². The summed E-state index contributed by atoms with van der Waals surface area (Å²) >= 11 is 13.7. The SMILES string of the molecule is CSc1nc2nc(C)c(CC(=O)NCCc3cccc(Cl)c3Cl)c(C)n2n1. The average molecular weight is 424 g/mol. The fourth-order valence-electron chi connectivity index (χ4n) is 2.83. The number of halogens is 2. The number of hydrogen-bond acceptors (Lipinski definition) is 5. The molecule has 0 spiro atoms. The van der Waals surface area contributed by atoms with E-state index in [9.17, 15) is 4.79 Å². The van der Waals surface area contributed by atoms with Gasteiger partial charge in [-0.2, -0.15) is 4.98 Å². The van der Waals surface area contributed by atoms with Crippen molar-refractivity contribution in [2.24, 2.45) is 0 Å². The zero-order valence-electron chi connectivity index (χ0n) is 15.2. The van der Waals surface area contributed by atoms with Crippen molar-refractivity contribution in [2.45, 2.75) is 31.8 Å². The predicted octanol–water partition coefficient (Wildman–Crippen LogP) is 3.67. The van der Waals surface area contributed by atoms with Gasteiger partial charge < -0.3 is 5.32 Å². The van der Waals surface area contributed by atoms with Gasteiger partial charge in [0.1, 0.15) is 0 Å². The fraction of sp³-hybridized carbons (Fsp3) is 0.333. The lowest BCUT2D eigenvalue weighted by Gasteiger charge is -2.11. The highest BCUT2D eigenvalue weighted by atomic mass is 35.5. The number of nitrogens with zero attached hydrogens (tertiary/aromatic N) is 4. The highest BCUT2D eigenvalue weighted by Crippen LogP contribution is 2.25. The van der Waals surface area contributed by atoms with Crippen LogP contribution in [-0.4, -0.2) is 38.3 Å². The first-order valence-electron chi connectivity index (χ1n) is 8.37. The molecule has 0 aliphatic carbocycles. The second-order valence-corrected chi connectivity index (χ2v) is 7.62.